The topological polar surface area (TPSA) is 45.1 Å². The summed E-state index contributed by atoms with van der Waals surface area (Å²) in [5.41, 5.74) is 2.70. The number of piperazine rings is 1. The van der Waals surface area contributed by atoms with Crippen LogP contribution >= 0.6 is 0 Å². The number of nitrogens with zero attached hydrogens (tertiary/aromatic N) is 3. The molecule has 0 amide bonds. The third-order valence-electron chi connectivity index (χ3n) is 4.05. The fraction of sp³-hybridized carbons (Fsp3) is 0.714. The Balaban J connectivity index is 2.01. The molecule has 0 radical (unpaired) electrons. The second kappa shape index (κ2) is 5.74. The van der Waals surface area contributed by atoms with Gasteiger partial charge >= 0.3 is 5.97 Å². The molecule has 0 aromatic rings. The molecule has 5 heteroatoms. The Morgan fingerprint density at radius 2 is 2.16 bits per heavy atom. The van der Waals surface area contributed by atoms with Gasteiger partial charge in [0.2, 0.25) is 0 Å². The summed E-state index contributed by atoms with van der Waals surface area (Å²) in [6.45, 7) is 9.96. The van der Waals surface area contributed by atoms with Crippen LogP contribution in [-0.4, -0.2) is 60.9 Å². The van der Waals surface area contributed by atoms with Gasteiger partial charge in [-0.2, -0.15) is 0 Å². The van der Waals surface area contributed by atoms with Crippen LogP contribution in [-0.2, 0) is 9.53 Å². The van der Waals surface area contributed by atoms with Crippen LogP contribution in [0.1, 0.15) is 27.2 Å². The fourth-order valence-electron chi connectivity index (χ4n) is 2.68. The molecule has 0 spiro atoms. The highest BCUT2D eigenvalue weighted by atomic mass is 16.5. The molecule has 19 heavy (non-hydrogen) atoms. The molecule has 2 aliphatic heterocycles. The lowest BCUT2D eigenvalue weighted by Gasteiger charge is -2.42. The first-order chi connectivity index (χ1) is 9.02. The zero-order valence-corrected chi connectivity index (χ0v) is 12.3. The van der Waals surface area contributed by atoms with Gasteiger partial charge in [-0.3, -0.25) is 14.7 Å². The van der Waals surface area contributed by atoms with Crippen LogP contribution in [0.5, 0.6) is 0 Å². The van der Waals surface area contributed by atoms with Crippen molar-refractivity contribution < 1.29 is 9.53 Å². The molecular formula is C14H23N3O2. The molecule has 1 saturated heterocycles. The molecule has 1 unspecified atom stereocenters. The number of hydrogen-bond acceptors (Lipinski definition) is 5. The first-order valence-electron chi connectivity index (χ1n) is 6.83. The Hall–Kier alpha value is -1.36. The van der Waals surface area contributed by atoms with Crippen LogP contribution in [0, 0.1) is 0 Å². The molecule has 0 N–H and O–H groups in total. The number of amidine groups is 1. The first-order valence-corrected chi connectivity index (χ1v) is 6.83. The number of ether oxygens (including phenoxy) is 1. The third kappa shape index (κ3) is 2.97. The van der Waals surface area contributed by atoms with E-state index in [9.17, 15) is 4.79 Å². The third-order valence-corrected chi connectivity index (χ3v) is 4.05. The minimum absolute atomic E-state index is 0.136. The van der Waals surface area contributed by atoms with Crippen molar-refractivity contribution in [1.82, 2.24) is 9.80 Å². The molecule has 0 aromatic carbocycles. The van der Waals surface area contributed by atoms with Crippen molar-refractivity contribution in [1.29, 1.82) is 0 Å². The van der Waals surface area contributed by atoms with Gasteiger partial charge in [0, 0.05) is 31.9 Å². The summed E-state index contributed by atoms with van der Waals surface area (Å²) >= 11 is 0. The lowest BCUT2D eigenvalue weighted by molar-refractivity contribution is -0.141. The number of aliphatic imine (C=N–C) groups is 1. The van der Waals surface area contributed by atoms with Crippen molar-refractivity contribution in [3.8, 4) is 0 Å². The standard InChI is InChI=1S/C14H23N3O2/c1-10-11(2)15-12(3)17-8-7-16(9-13(10)17)6-5-14(18)19-4/h11H,5-9H2,1-4H3. The van der Waals surface area contributed by atoms with E-state index < -0.39 is 0 Å². The van der Waals surface area contributed by atoms with Crippen molar-refractivity contribution in [3.05, 3.63) is 11.3 Å². The van der Waals surface area contributed by atoms with Crippen LogP contribution in [0.25, 0.3) is 0 Å². The molecular weight excluding hydrogens is 242 g/mol. The number of esters is 1. The molecule has 1 fully saturated rings. The summed E-state index contributed by atoms with van der Waals surface area (Å²) in [6.07, 6.45) is 0.464. The van der Waals surface area contributed by atoms with Gasteiger partial charge in [-0.25, -0.2) is 0 Å². The van der Waals surface area contributed by atoms with Crippen LogP contribution in [0.3, 0.4) is 0 Å². The number of fused-ring (bicyclic) bond motifs is 1. The van der Waals surface area contributed by atoms with Crippen molar-refractivity contribution in [2.75, 3.05) is 33.3 Å². The second-order valence-electron chi connectivity index (χ2n) is 5.24. The van der Waals surface area contributed by atoms with Crippen molar-refractivity contribution in [3.63, 3.8) is 0 Å². The van der Waals surface area contributed by atoms with Gasteiger partial charge in [0.25, 0.3) is 0 Å². The van der Waals surface area contributed by atoms with Gasteiger partial charge in [-0.05, 0) is 26.3 Å². The fourth-order valence-corrected chi connectivity index (χ4v) is 2.68. The Bertz CT molecular complexity index is 428. The highest BCUT2D eigenvalue weighted by molar-refractivity contribution is 5.83. The Morgan fingerprint density at radius 3 is 2.84 bits per heavy atom. The van der Waals surface area contributed by atoms with Gasteiger partial charge < -0.3 is 9.64 Å². The second-order valence-corrected chi connectivity index (χ2v) is 5.24. The minimum atomic E-state index is -0.136. The van der Waals surface area contributed by atoms with Gasteiger partial charge in [-0.15, -0.1) is 0 Å². The van der Waals surface area contributed by atoms with Crippen molar-refractivity contribution >= 4 is 11.8 Å². The molecule has 2 aliphatic rings. The molecule has 106 valence electrons. The molecule has 0 saturated carbocycles. The number of carbonyl (C=O) groups excluding carboxylic acids is 1. The molecule has 0 aliphatic carbocycles. The van der Waals surface area contributed by atoms with Crippen LogP contribution in [0.15, 0.2) is 16.3 Å². The van der Waals surface area contributed by atoms with E-state index >= 15 is 0 Å². The van der Waals surface area contributed by atoms with Crippen molar-refractivity contribution in [2.24, 2.45) is 4.99 Å². The highest BCUT2D eigenvalue weighted by Crippen LogP contribution is 2.25. The summed E-state index contributed by atoms with van der Waals surface area (Å²) in [5.74, 6) is 0.976. The maximum atomic E-state index is 11.2. The Morgan fingerprint density at radius 1 is 1.42 bits per heavy atom. The highest BCUT2D eigenvalue weighted by Gasteiger charge is 2.28. The average molecular weight is 265 g/mol. The van der Waals surface area contributed by atoms with Gasteiger partial charge in [0.05, 0.1) is 19.6 Å². The molecule has 2 rings (SSSR count). The van der Waals surface area contributed by atoms with E-state index in [1.54, 1.807) is 0 Å². The molecule has 0 aromatic heterocycles. The van der Waals surface area contributed by atoms with Crippen LogP contribution in [0.4, 0.5) is 0 Å². The van der Waals surface area contributed by atoms with Gasteiger partial charge in [0.15, 0.2) is 0 Å². The number of carbonyl (C=O) groups is 1. The van der Waals surface area contributed by atoms with E-state index in [-0.39, 0.29) is 12.0 Å². The molecule has 5 nitrogen and oxygen atoms in total. The quantitative estimate of drug-likeness (QED) is 0.721. The van der Waals surface area contributed by atoms with Crippen molar-refractivity contribution in [2.45, 2.75) is 33.2 Å². The predicted octanol–water partition coefficient (Wildman–Crippen LogP) is 1.26. The SMILES string of the molecule is COC(=O)CCN1CCN2C(C)=NC(C)C(C)=C2C1. The summed E-state index contributed by atoms with van der Waals surface area (Å²) in [7, 11) is 1.44. The van der Waals surface area contributed by atoms with E-state index in [2.05, 4.69) is 35.6 Å². The Labute approximate surface area is 114 Å². The molecule has 1 atom stereocenters. The van der Waals surface area contributed by atoms with Crippen LogP contribution in [0.2, 0.25) is 0 Å². The number of rotatable bonds is 3. The summed E-state index contributed by atoms with van der Waals surface area (Å²) in [4.78, 5) is 20.5. The number of methoxy groups -OCH3 is 1. The summed E-state index contributed by atoms with van der Waals surface area (Å²) in [6, 6.07) is 0.270. The summed E-state index contributed by atoms with van der Waals surface area (Å²) in [5, 5.41) is 0. The van der Waals surface area contributed by atoms with E-state index in [0.29, 0.717) is 6.42 Å². The maximum Gasteiger partial charge on any atom is 0.306 e. The normalized spacial score (nSPS) is 24.1. The number of hydrogen-bond donors (Lipinski definition) is 0. The van der Waals surface area contributed by atoms with Crippen LogP contribution < -0.4 is 0 Å². The first kappa shape index (κ1) is 14.1. The zero-order chi connectivity index (χ0) is 14.0. The van der Waals surface area contributed by atoms with E-state index in [1.807, 2.05) is 0 Å². The predicted molar refractivity (Wildman–Crippen MR) is 75.1 cm³/mol. The van der Waals surface area contributed by atoms with E-state index in [4.69, 9.17) is 4.74 Å². The lowest BCUT2D eigenvalue weighted by atomic mass is 10.0. The monoisotopic (exact) mass is 265 g/mol. The van der Waals surface area contributed by atoms with E-state index in [1.165, 1.54) is 18.4 Å². The summed E-state index contributed by atoms with van der Waals surface area (Å²) < 4.78 is 4.70. The zero-order valence-electron chi connectivity index (χ0n) is 12.3. The minimum Gasteiger partial charge on any atom is -0.469 e. The van der Waals surface area contributed by atoms with E-state index in [0.717, 1.165) is 32.0 Å². The van der Waals surface area contributed by atoms with Gasteiger partial charge in [0.1, 0.15) is 5.84 Å². The molecule has 0 bridgehead atoms. The lowest BCUT2D eigenvalue weighted by Crippen LogP contribution is -2.49. The van der Waals surface area contributed by atoms with Gasteiger partial charge in [-0.1, -0.05) is 0 Å². The average Bonchev–Trinajstić information content (AvgIpc) is 2.42. The Kier molecular flexibility index (Phi) is 4.24. The molecule has 2 heterocycles. The largest absolute Gasteiger partial charge is 0.469 e. The maximum absolute atomic E-state index is 11.2. The smallest absolute Gasteiger partial charge is 0.306 e.